The molecule has 2 amide bonds. The van der Waals surface area contributed by atoms with Crippen LogP contribution in [-0.4, -0.2) is 28.8 Å². The maximum Gasteiger partial charge on any atom is 0.243 e. The summed E-state index contributed by atoms with van der Waals surface area (Å²) in [6.07, 6.45) is 6.45. The lowest BCUT2D eigenvalue weighted by Gasteiger charge is -2.33. The average Bonchev–Trinajstić information content (AvgIpc) is 2.78. The molecular weight excluding hydrogens is 420 g/mol. The number of rotatable bonds is 8. The van der Waals surface area contributed by atoms with Crippen molar-refractivity contribution in [2.24, 2.45) is 0 Å². The summed E-state index contributed by atoms with van der Waals surface area (Å²) in [5.74, 6) is -0.0735. The van der Waals surface area contributed by atoms with Crippen molar-refractivity contribution in [3.8, 4) is 0 Å². The van der Waals surface area contributed by atoms with E-state index in [9.17, 15) is 9.59 Å². The molecule has 5 heteroatoms. The molecule has 32 heavy (non-hydrogen) atoms. The fraction of sp³-hybridized carbons (Fsp3) is 0.481. The summed E-state index contributed by atoms with van der Waals surface area (Å²) in [4.78, 5) is 28.5. The lowest BCUT2D eigenvalue weighted by Crippen LogP contribution is -2.51. The molecular formula is C27H35ClN2O2. The van der Waals surface area contributed by atoms with E-state index in [1.165, 1.54) is 17.5 Å². The van der Waals surface area contributed by atoms with Crippen LogP contribution in [0, 0.1) is 13.8 Å². The first-order valence-corrected chi connectivity index (χ1v) is 12.2. The number of carbonyl (C=O) groups excluding carboxylic acids is 2. The van der Waals surface area contributed by atoms with Crippen LogP contribution in [-0.2, 0) is 22.6 Å². The van der Waals surface area contributed by atoms with E-state index in [0.717, 1.165) is 36.8 Å². The Labute approximate surface area is 197 Å². The van der Waals surface area contributed by atoms with Gasteiger partial charge in [0.15, 0.2) is 0 Å². The molecule has 1 aliphatic carbocycles. The Morgan fingerprint density at radius 2 is 1.66 bits per heavy atom. The van der Waals surface area contributed by atoms with Gasteiger partial charge in [0, 0.05) is 17.6 Å². The predicted molar refractivity (Wildman–Crippen MR) is 131 cm³/mol. The molecule has 0 radical (unpaired) electrons. The first kappa shape index (κ1) is 24.3. The van der Waals surface area contributed by atoms with Gasteiger partial charge in [0.2, 0.25) is 11.8 Å². The van der Waals surface area contributed by atoms with Gasteiger partial charge in [0.1, 0.15) is 6.04 Å². The second-order valence-electron chi connectivity index (χ2n) is 9.01. The van der Waals surface area contributed by atoms with Crippen LogP contribution in [0.4, 0.5) is 0 Å². The Balaban J connectivity index is 1.81. The number of nitrogens with zero attached hydrogens (tertiary/aromatic N) is 1. The molecule has 1 atom stereocenters. The van der Waals surface area contributed by atoms with Crippen LogP contribution in [0.3, 0.4) is 0 Å². The van der Waals surface area contributed by atoms with E-state index in [1.807, 2.05) is 37.3 Å². The van der Waals surface area contributed by atoms with E-state index in [-0.39, 0.29) is 24.3 Å². The van der Waals surface area contributed by atoms with Crippen LogP contribution in [0.5, 0.6) is 0 Å². The summed E-state index contributed by atoms with van der Waals surface area (Å²) in [7, 11) is 0. The number of carbonyl (C=O) groups is 2. The predicted octanol–water partition coefficient (Wildman–Crippen LogP) is 5.76. The molecule has 0 saturated heterocycles. The standard InChI is InChI=1S/C27H35ClN2O2/c1-4-25(27(32)29-24-8-6-5-7-9-24)30(18-21-12-14-23(28)15-13-21)26(31)17-22-11-10-19(2)20(3)16-22/h10-16,24-25H,4-9,17-18H2,1-3H3,(H,29,32)/t25-/m0/s1. The lowest BCUT2D eigenvalue weighted by molar-refractivity contribution is -0.141. The Hall–Kier alpha value is -2.33. The number of benzene rings is 2. The van der Waals surface area contributed by atoms with Crippen molar-refractivity contribution >= 4 is 23.4 Å². The van der Waals surface area contributed by atoms with Crippen molar-refractivity contribution in [3.05, 3.63) is 69.7 Å². The highest BCUT2D eigenvalue weighted by Gasteiger charge is 2.30. The zero-order chi connectivity index (χ0) is 23.1. The Morgan fingerprint density at radius 3 is 2.28 bits per heavy atom. The van der Waals surface area contributed by atoms with E-state index < -0.39 is 6.04 Å². The van der Waals surface area contributed by atoms with Gasteiger partial charge in [-0.25, -0.2) is 0 Å². The van der Waals surface area contributed by atoms with Crippen LogP contribution in [0.2, 0.25) is 5.02 Å². The topological polar surface area (TPSA) is 49.4 Å². The summed E-state index contributed by atoms with van der Waals surface area (Å²) in [6.45, 7) is 6.48. The van der Waals surface area contributed by atoms with Gasteiger partial charge < -0.3 is 10.2 Å². The molecule has 1 fully saturated rings. The molecule has 1 saturated carbocycles. The van der Waals surface area contributed by atoms with E-state index in [1.54, 1.807) is 4.90 Å². The number of nitrogens with one attached hydrogen (secondary N) is 1. The molecule has 0 unspecified atom stereocenters. The molecule has 172 valence electrons. The fourth-order valence-corrected chi connectivity index (χ4v) is 4.57. The summed E-state index contributed by atoms with van der Waals surface area (Å²) in [5, 5.41) is 3.88. The van der Waals surface area contributed by atoms with Crippen molar-refractivity contribution in [1.82, 2.24) is 10.2 Å². The number of halogens is 1. The highest BCUT2D eigenvalue weighted by Crippen LogP contribution is 2.20. The van der Waals surface area contributed by atoms with E-state index in [4.69, 9.17) is 11.6 Å². The maximum atomic E-state index is 13.5. The van der Waals surface area contributed by atoms with Crippen molar-refractivity contribution < 1.29 is 9.59 Å². The first-order chi connectivity index (χ1) is 15.4. The van der Waals surface area contributed by atoms with Gasteiger partial charge in [-0.15, -0.1) is 0 Å². The van der Waals surface area contributed by atoms with Crippen LogP contribution in [0.1, 0.15) is 67.7 Å². The minimum absolute atomic E-state index is 0.0335. The summed E-state index contributed by atoms with van der Waals surface area (Å²) in [6, 6.07) is 13.3. The first-order valence-electron chi connectivity index (χ1n) is 11.8. The zero-order valence-corrected chi connectivity index (χ0v) is 20.3. The average molecular weight is 455 g/mol. The number of hydrogen-bond acceptors (Lipinski definition) is 2. The smallest absolute Gasteiger partial charge is 0.243 e. The van der Waals surface area contributed by atoms with Crippen molar-refractivity contribution in [3.63, 3.8) is 0 Å². The summed E-state index contributed by atoms with van der Waals surface area (Å²) >= 11 is 6.05. The highest BCUT2D eigenvalue weighted by molar-refractivity contribution is 6.30. The normalized spacial score (nSPS) is 15.2. The number of amides is 2. The molecule has 0 aromatic heterocycles. The molecule has 0 heterocycles. The van der Waals surface area contributed by atoms with Gasteiger partial charge in [-0.3, -0.25) is 9.59 Å². The van der Waals surface area contributed by atoms with E-state index in [2.05, 4.69) is 31.3 Å². The molecule has 0 aliphatic heterocycles. The second kappa shape index (κ2) is 11.5. The highest BCUT2D eigenvalue weighted by atomic mass is 35.5. The SMILES string of the molecule is CC[C@@H](C(=O)NC1CCCCC1)N(Cc1ccc(Cl)cc1)C(=O)Cc1ccc(C)c(C)c1. The van der Waals surface area contributed by atoms with Crippen molar-refractivity contribution in [2.75, 3.05) is 0 Å². The molecule has 3 rings (SSSR count). The van der Waals surface area contributed by atoms with Crippen LogP contribution < -0.4 is 5.32 Å². The minimum atomic E-state index is -0.494. The van der Waals surface area contributed by atoms with Gasteiger partial charge in [0.25, 0.3) is 0 Å². The minimum Gasteiger partial charge on any atom is -0.352 e. The third-order valence-corrected chi connectivity index (χ3v) is 6.78. The summed E-state index contributed by atoms with van der Waals surface area (Å²) in [5.41, 5.74) is 4.31. The van der Waals surface area contributed by atoms with Gasteiger partial charge in [-0.2, -0.15) is 0 Å². The Morgan fingerprint density at radius 1 is 1.00 bits per heavy atom. The molecule has 4 nitrogen and oxygen atoms in total. The van der Waals surface area contributed by atoms with Gasteiger partial charge in [-0.05, 0) is 67.5 Å². The van der Waals surface area contributed by atoms with Crippen LogP contribution in [0.15, 0.2) is 42.5 Å². The maximum absolute atomic E-state index is 13.5. The van der Waals surface area contributed by atoms with Gasteiger partial charge in [-0.1, -0.05) is 68.1 Å². The van der Waals surface area contributed by atoms with Crippen molar-refractivity contribution in [1.29, 1.82) is 0 Å². The molecule has 2 aromatic carbocycles. The van der Waals surface area contributed by atoms with Crippen LogP contribution in [0.25, 0.3) is 0 Å². The monoisotopic (exact) mass is 454 g/mol. The van der Waals surface area contributed by atoms with Crippen LogP contribution >= 0.6 is 11.6 Å². The lowest BCUT2D eigenvalue weighted by atomic mass is 9.95. The Bertz CT molecular complexity index is 920. The molecule has 1 aliphatic rings. The number of aryl methyl sites for hydroxylation is 2. The van der Waals surface area contributed by atoms with E-state index >= 15 is 0 Å². The van der Waals surface area contributed by atoms with Gasteiger partial charge >= 0.3 is 0 Å². The van der Waals surface area contributed by atoms with E-state index in [0.29, 0.717) is 18.0 Å². The second-order valence-corrected chi connectivity index (χ2v) is 9.45. The third-order valence-electron chi connectivity index (χ3n) is 6.53. The van der Waals surface area contributed by atoms with Crippen molar-refractivity contribution in [2.45, 2.75) is 84.3 Å². The molecule has 0 spiro atoms. The summed E-state index contributed by atoms with van der Waals surface area (Å²) < 4.78 is 0. The molecule has 2 aromatic rings. The quantitative estimate of drug-likeness (QED) is 0.551. The number of hydrogen-bond donors (Lipinski definition) is 1. The fourth-order valence-electron chi connectivity index (χ4n) is 4.44. The van der Waals surface area contributed by atoms with Gasteiger partial charge in [0.05, 0.1) is 6.42 Å². The molecule has 1 N–H and O–H groups in total. The Kier molecular flexibility index (Phi) is 8.75. The molecule has 0 bridgehead atoms. The zero-order valence-electron chi connectivity index (χ0n) is 19.5. The largest absolute Gasteiger partial charge is 0.352 e. The third kappa shape index (κ3) is 6.59.